The molecule has 2 aromatic heterocycles. The van der Waals surface area contributed by atoms with Gasteiger partial charge in [-0.25, -0.2) is 4.79 Å². The number of nitrogens with zero attached hydrogens (tertiary/aromatic N) is 2. The lowest BCUT2D eigenvalue weighted by Gasteiger charge is -2.05. The summed E-state index contributed by atoms with van der Waals surface area (Å²) in [6.07, 6.45) is 5.19. The second-order valence-corrected chi connectivity index (χ2v) is 4.26. The Morgan fingerprint density at radius 3 is 2.89 bits per heavy atom. The van der Waals surface area contributed by atoms with E-state index in [9.17, 15) is 4.79 Å². The first-order chi connectivity index (χ1) is 9.20. The number of benzene rings is 1. The van der Waals surface area contributed by atoms with Gasteiger partial charge in [0.1, 0.15) is 0 Å². The summed E-state index contributed by atoms with van der Waals surface area (Å²) in [4.78, 5) is 14.9. The molecular weight excluding hydrogens is 242 g/mol. The first kappa shape index (κ1) is 11.3. The van der Waals surface area contributed by atoms with Gasteiger partial charge in [0.25, 0.3) is 0 Å². The van der Waals surface area contributed by atoms with Gasteiger partial charge in [-0.15, -0.1) is 0 Å². The summed E-state index contributed by atoms with van der Waals surface area (Å²) in [6, 6.07) is 7.39. The number of carbonyl (C=O) groups is 1. The van der Waals surface area contributed by atoms with E-state index >= 15 is 0 Å². The summed E-state index contributed by atoms with van der Waals surface area (Å²) in [5.41, 5.74) is 2.37. The molecule has 0 fully saturated rings. The maximum Gasteiger partial charge on any atom is 0.323 e. The molecule has 0 atom stereocenters. The van der Waals surface area contributed by atoms with Crippen molar-refractivity contribution < 1.29 is 4.79 Å². The Kier molecular flexibility index (Phi) is 2.68. The zero-order valence-corrected chi connectivity index (χ0v) is 10.3. The number of aryl methyl sites for hydroxylation is 1. The molecule has 0 saturated heterocycles. The Hall–Kier alpha value is -2.76. The van der Waals surface area contributed by atoms with Crippen LogP contribution in [0.5, 0.6) is 0 Å². The number of H-pyrrole nitrogens is 1. The highest BCUT2D eigenvalue weighted by Crippen LogP contribution is 2.17. The molecule has 0 unspecified atom stereocenters. The van der Waals surface area contributed by atoms with E-state index in [2.05, 4.69) is 20.7 Å². The number of aromatic nitrogens is 3. The molecular formula is C13H13N5O. The summed E-state index contributed by atoms with van der Waals surface area (Å²) >= 11 is 0. The van der Waals surface area contributed by atoms with E-state index in [0.717, 1.165) is 16.6 Å². The van der Waals surface area contributed by atoms with Gasteiger partial charge >= 0.3 is 6.03 Å². The largest absolute Gasteiger partial charge is 0.361 e. The van der Waals surface area contributed by atoms with Crippen molar-refractivity contribution in [1.29, 1.82) is 0 Å². The van der Waals surface area contributed by atoms with Crippen LogP contribution in [0, 0.1) is 0 Å². The van der Waals surface area contributed by atoms with E-state index in [1.54, 1.807) is 24.1 Å². The van der Waals surface area contributed by atoms with Crippen molar-refractivity contribution in [3.63, 3.8) is 0 Å². The third kappa shape index (κ3) is 2.42. The van der Waals surface area contributed by atoms with Gasteiger partial charge in [-0.2, -0.15) is 5.10 Å². The zero-order chi connectivity index (χ0) is 13.2. The maximum absolute atomic E-state index is 11.8. The maximum atomic E-state index is 11.8. The number of fused-ring (bicyclic) bond motifs is 1. The smallest absolute Gasteiger partial charge is 0.323 e. The minimum absolute atomic E-state index is 0.293. The van der Waals surface area contributed by atoms with Crippen LogP contribution in [-0.4, -0.2) is 20.8 Å². The third-order valence-corrected chi connectivity index (χ3v) is 2.78. The van der Waals surface area contributed by atoms with E-state index < -0.39 is 0 Å². The Morgan fingerprint density at radius 1 is 1.26 bits per heavy atom. The summed E-state index contributed by atoms with van der Waals surface area (Å²) in [6.45, 7) is 0. The van der Waals surface area contributed by atoms with Crippen LogP contribution in [0.3, 0.4) is 0 Å². The second kappa shape index (κ2) is 4.49. The minimum atomic E-state index is -0.293. The van der Waals surface area contributed by atoms with E-state index in [1.165, 1.54) is 0 Å². The van der Waals surface area contributed by atoms with E-state index in [4.69, 9.17) is 0 Å². The highest BCUT2D eigenvalue weighted by atomic mass is 16.2. The normalized spacial score (nSPS) is 10.6. The molecule has 0 spiro atoms. The SMILES string of the molecule is Cn1cc(NC(=O)Nc2ccc3cc[nH]c3c2)cn1. The molecule has 3 aromatic rings. The van der Waals surface area contributed by atoms with Crippen LogP contribution in [-0.2, 0) is 7.05 Å². The fourth-order valence-electron chi connectivity index (χ4n) is 1.90. The van der Waals surface area contributed by atoms with Crippen molar-refractivity contribution in [2.45, 2.75) is 0 Å². The van der Waals surface area contributed by atoms with Gasteiger partial charge < -0.3 is 15.6 Å². The molecule has 0 saturated carbocycles. The number of aromatic amines is 1. The number of carbonyl (C=O) groups excluding carboxylic acids is 1. The lowest BCUT2D eigenvalue weighted by Crippen LogP contribution is -2.19. The summed E-state index contributed by atoms with van der Waals surface area (Å²) in [7, 11) is 1.79. The van der Waals surface area contributed by atoms with E-state index in [-0.39, 0.29) is 6.03 Å². The number of hydrogen-bond donors (Lipinski definition) is 3. The number of rotatable bonds is 2. The van der Waals surface area contributed by atoms with Crippen molar-refractivity contribution in [2.75, 3.05) is 10.6 Å². The van der Waals surface area contributed by atoms with Crippen molar-refractivity contribution >= 4 is 28.3 Å². The Morgan fingerprint density at radius 2 is 2.11 bits per heavy atom. The lowest BCUT2D eigenvalue weighted by molar-refractivity contribution is 0.262. The van der Waals surface area contributed by atoms with Gasteiger partial charge in [0, 0.05) is 30.6 Å². The van der Waals surface area contributed by atoms with Gasteiger partial charge in [-0.1, -0.05) is 6.07 Å². The number of anilines is 2. The fourth-order valence-corrected chi connectivity index (χ4v) is 1.90. The van der Waals surface area contributed by atoms with Gasteiger partial charge in [-0.05, 0) is 23.6 Å². The van der Waals surface area contributed by atoms with Crippen LogP contribution in [0.15, 0.2) is 42.9 Å². The van der Waals surface area contributed by atoms with Gasteiger partial charge in [-0.3, -0.25) is 4.68 Å². The standard InChI is InChI=1S/C13H13N5O/c1-18-8-11(7-15-18)17-13(19)16-10-3-2-9-4-5-14-12(9)6-10/h2-8,14H,1H3,(H2,16,17,19). The molecule has 3 N–H and O–H groups in total. The first-order valence-electron chi connectivity index (χ1n) is 5.84. The third-order valence-electron chi connectivity index (χ3n) is 2.78. The van der Waals surface area contributed by atoms with Gasteiger partial charge in [0.15, 0.2) is 0 Å². The molecule has 96 valence electrons. The minimum Gasteiger partial charge on any atom is -0.361 e. The lowest BCUT2D eigenvalue weighted by atomic mass is 10.2. The first-order valence-corrected chi connectivity index (χ1v) is 5.84. The molecule has 0 aliphatic carbocycles. The number of amides is 2. The molecule has 0 bridgehead atoms. The molecule has 3 rings (SSSR count). The quantitative estimate of drug-likeness (QED) is 0.658. The van der Waals surface area contributed by atoms with Crippen LogP contribution in [0.1, 0.15) is 0 Å². The van der Waals surface area contributed by atoms with Crippen LogP contribution < -0.4 is 10.6 Å². The summed E-state index contributed by atoms with van der Waals surface area (Å²) in [5, 5.41) is 10.6. The molecule has 0 aliphatic heterocycles. The zero-order valence-electron chi connectivity index (χ0n) is 10.3. The van der Waals surface area contributed by atoms with E-state index in [0.29, 0.717) is 5.69 Å². The summed E-state index contributed by atoms with van der Waals surface area (Å²) < 4.78 is 1.63. The van der Waals surface area contributed by atoms with Crippen molar-refractivity contribution in [2.24, 2.45) is 7.05 Å². The molecule has 19 heavy (non-hydrogen) atoms. The number of urea groups is 1. The Labute approximate surface area is 109 Å². The van der Waals surface area contributed by atoms with Crippen molar-refractivity contribution in [1.82, 2.24) is 14.8 Å². The predicted molar refractivity (Wildman–Crippen MR) is 74.1 cm³/mol. The molecule has 6 heteroatoms. The van der Waals surface area contributed by atoms with Crippen LogP contribution >= 0.6 is 0 Å². The van der Waals surface area contributed by atoms with Crippen molar-refractivity contribution in [3.05, 3.63) is 42.9 Å². The van der Waals surface area contributed by atoms with Crippen LogP contribution in [0.25, 0.3) is 10.9 Å². The number of nitrogens with one attached hydrogen (secondary N) is 3. The molecule has 0 radical (unpaired) electrons. The average Bonchev–Trinajstić information content (AvgIpc) is 2.97. The van der Waals surface area contributed by atoms with Gasteiger partial charge in [0.2, 0.25) is 0 Å². The topological polar surface area (TPSA) is 74.7 Å². The van der Waals surface area contributed by atoms with Crippen LogP contribution in [0.2, 0.25) is 0 Å². The van der Waals surface area contributed by atoms with Crippen molar-refractivity contribution in [3.8, 4) is 0 Å². The molecule has 2 heterocycles. The predicted octanol–water partition coefficient (Wildman–Crippen LogP) is 2.55. The second-order valence-electron chi connectivity index (χ2n) is 4.26. The van der Waals surface area contributed by atoms with Crippen LogP contribution in [0.4, 0.5) is 16.2 Å². The molecule has 1 aromatic carbocycles. The highest BCUT2D eigenvalue weighted by Gasteiger charge is 2.04. The van der Waals surface area contributed by atoms with E-state index in [1.807, 2.05) is 30.5 Å². The van der Waals surface area contributed by atoms with Gasteiger partial charge in [0.05, 0.1) is 11.9 Å². The Balaban J connectivity index is 1.71. The molecule has 6 nitrogen and oxygen atoms in total. The molecule has 2 amide bonds. The fraction of sp³-hybridized carbons (Fsp3) is 0.0769. The highest BCUT2D eigenvalue weighted by molar-refractivity contribution is 6.00. The summed E-state index contributed by atoms with van der Waals surface area (Å²) in [5.74, 6) is 0. The monoisotopic (exact) mass is 255 g/mol. The number of hydrogen-bond acceptors (Lipinski definition) is 2. The average molecular weight is 255 g/mol. The molecule has 0 aliphatic rings. The Bertz CT molecular complexity index is 727.